The van der Waals surface area contributed by atoms with Crippen molar-refractivity contribution in [2.24, 2.45) is 0 Å². The van der Waals surface area contributed by atoms with E-state index >= 15 is 0 Å². The monoisotopic (exact) mass is 70.0 g/mol. The van der Waals surface area contributed by atoms with Crippen LogP contribution in [-0.4, -0.2) is 12.5 Å². The Hall–Kier alpha value is -0.530. The summed E-state index contributed by atoms with van der Waals surface area (Å²) in [6.45, 7) is 0.763. The zero-order valence-electron chi connectivity index (χ0n) is 2.77. The first-order valence-electron chi connectivity index (χ1n) is 1.60. The second-order valence-corrected chi connectivity index (χ2v) is 1.03. The molecule has 0 aromatic carbocycles. The molecule has 27 valence electrons. The van der Waals surface area contributed by atoms with Crippen LogP contribution in [0.4, 0.5) is 0 Å². The summed E-state index contributed by atoms with van der Waals surface area (Å²) in [5.74, 6) is 0.0602. The first-order valence-corrected chi connectivity index (χ1v) is 1.60. The van der Waals surface area contributed by atoms with E-state index in [4.69, 9.17) is 0 Å². The number of hydrogen-bond donors (Lipinski definition) is 0. The van der Waals surface area contributed by atoms with Gasteiger partial charge in [0.2, 0.25) is 5.91 Å². The second kappa shape index (κ2) is 0.708. The average Bonchev–Trinajstić information content (AvgIpc) is 1.30. The van der Waals surface area contributed by atoms with Gasteiger partial charge >= 0.3 is 0 Å². The molecule has 1 saturated heterocycles. The Kier molecular flexibility index (Phi) is 0.381. The molecule has 0 N–H and O–H groups in total. The molecular formula is C3H4NO. The maximum atomic E-state index is 9.73. The summed E-state index contributed by atoms with van der Waals surface area (Å²) >= 11 is 0. The normalized spacial score (nSPS) is 20.4. The van der Waals surface area contributed by atoms with Crippen molar-refractivity contribution in [2.75, 3.05) is 6.54 Å². The van der Waals surface area contributed by atoms with Crippen LogP contribution in [-0.2, 0) is 4.79 Å². The highest BCUT2D eigenvalue weighted by atomic mass is 16.2. The molecule has 0 aliphatic carbocycles. The van der Waals surface area contributed by atoms with Crippen LogP contribution in [0.15, 0.2) is 0 Å². The fourth-order valence-corrected chi connectivity index (χ4v) is 0.203. The summed E-state index contributed by atoms with van der Waals surface area (Å²) < 4.78 is 0. The number of carbonyl (C=O) groups is 1. The molecule has 1 radical (unpaired) electrons. The number of rotatable bonds is 0. The molecule has 2 heteroatoms. The Morgan fingerprint density at radius 2 is 2.20 bits per heavy atom. The first-order chi connectivity index (χ1) is 2.39. The highest BCUT2D eigenvalue weighted by molar-refractivity contribution is 5.80. The van der Waals surface area contributed by atoms with Crippen molar-refractivity contribution < 1.29 is 4.79 Å². The third-order valence-electron chi connectivity index (χ3n) is 0.614. The lowest BCUT2D eigenvalue weighted by Crippen LogP contribution is -2.29. The minimum Gasteiger partial charge on any atom is -0.273 e. The molecule has 0 saturated carbocycles. The Balaban J connectivity index is 2.32. The van der Waals surface area contributed by atoms with Gasteiger partial charge in [-0.15, -0.1) is 0 Å². The van der Waals surface area contributed by atoms with Gasteiger partial charge in [-0.1, -0.05) is 0 Å². The molecule has 0 aromatic heterocycles. The number of nitrogens with zero attached hydrogens (tertiary/aromatic N) is 1. The van der Waals surface area contributed by atoms with Gasteiger partial charge in [-0.3, -0.25) is 10.1 Å². The third kappa shape index (κ3) is 0.251. The summed E-state index contributed by atoms with van der Waals surface area (Å²) in [5, 5.41) is 3.43. The number of β-lactam (4-membered cyclic amide) rings is 1. The van der Waals surface area contributed by atoms with Gasteiger partial charge in [0.1, 0.15) is 0 Å². The van der Waals surface area contributed by atoms with Gasteiger partial charge in [0, 0.05) is 6.42 Å². The largest absolute Gasteiger partial charge is 0.273 e. The van der Waals surface area contributed by atoms with E-state index in [1.54, 1.807) is 0 Å². The lowest BCUT2D eigenvalue weighted by atomic mass is 10.3. The zero-order valence-corrected chi connectivity index (χ0v) is 2.77. The van der Waals surface area contributed by atoms with Crippen LogP contribution < -0.4 is 5.32 Å². The Bertz CT molecular complexity index is 53.9. The average molecular weight is 70.1 g/mol. The fourth-order valence-electron chi connectivity index (χ4n) is 0.203. The van der Waals surface area contributed by atoms with Crippen molar-refractivity contribution in [2.45, 2.75) is 6.42 Å². The third-order valence-corrected chi connectivity index (χ3v) is 0.614. The summed E-state index contributed by atoms with van der Waals surface area (Å²) in [5.41, 5.74) is 0. The molecule has 1 rings (SSSR count). The molecular weight excluding hydrogens is 66.0 g/mol. The molecule has 2 nitrogen and oxygen atoms in total. The van der Waals surface area contributed by atoms with Crippen LogP contribution >= 0.6 is 0 Å². The number of amides is 1. The van der Waals surface area contributed by atoms with E-state index in [0.29, 0.717) is 6.42 Å². The van der Waals surface area contributed by atoms with Gasteiger partial charge in [0.15, 0.2) is 0 Å². The highest BCUT2D eigenvalue weighted by Crippen LogP contribution is 1.88. The lowest BCUT2D eigenvalue weighted by Gasteiger charge is -2.05. The van der Waals surface area contributed by atoms with Crippen molar-refractivity contribution in [1.29, 1.82) is 0 Å². The lowest BCUT2D eigenvalue weighted by molar-refractivity contribution is -0.125. The molecule has 1 fully saturated rings. The quantitative estimate of drug-likeness (QED) is 0.354. The van der Waals surface area contributed by atoms with E-state index < -0.39 is 0 Å². The minimum absolute atomic E-state index is 0.0602. The summed E-state index contributed by atoms with van der Waals surface area (Å²) in [7, 11) is 0. The number of carbonyl (C=O) groups excluding carboxylic acids is 1. The van der Waals surface area contributed by atoms with Gasteiger partial charge in [-0.25, -0.2) is 0 Å². The van der Waals surface area contributed by atoms with Crippen molar-refractivity contribution in [1.82, 2.24) is 5.32 Å². The molecule has 1 amide bonds. The van der Waals surface area contributed by atoms with Gasteiger partial charge < -0.3 is 0 Å². The van der Waals surface area contributed by atoms with Crippen molar-refractivity contribution >= 4 is 5.91 Å². The first kappa shape index (κ1) is 2.69. The fraction of sp³-hybridized carbons (Fsp3) is 0.667. The molecule has 1 aliphatic heterocycles. The van der Waals surface area contributed by atoms with Crippen LogP contribution in [0.2, 0.25) is 0 Å². The molecule has 0 atom stereocenters. The van der Waals surface area contributed by atoms with Gasteiger partial charge in [-0.05, 0) is 0 Å². The predicted octanol–water partition coefficient (Wildman–Crippen LogP) is -0.479. The molecule has 0 spiro atoms. The van der Waals surface area contributed by atoms with Crippen LogP contribution in [0.25, 0.3) is 0 Å². The van der Waals surface area contributed by atoms with Crippen LogP contribution in [0, 0.1) is 0 Å². The number of hydrogen-bond acceptors (Lipinski definition) is 1. The summed E-state index contributed by atoms with van der Waals surface area (Å²) in [6, 6.07) is 0. The van der Waals surface area contributed by atoms with E-state index in [1.807, 2.05) is 0 Å². The van der Waals surface area contributed by atoms with Crippen LogP contribution in [0.3, 0.4) is 0 Å². The molecule has 1 heterocycles. The van der Waals surface area contributed by atoms with E-state index in [1.165, 1.54) is 0 Å². The predicted molar refractivity (Wildman–Crippen MR) is 16.6 cm³/mol. The molecule has 0 aromatic rings. The summed E-state index contributed by atoms with van der Waals surface area (Å²) in [4.78, 5) is 9.73. The topological polar surface area (TPSA) is 31.2 Å². The zero-order chi connectivity index (χ0) is 3.70. The van der Waals surface area contributed by atoms with Crippen molar-refractivity contribution in [3.8, 4) is 0 Å². The van der Waals surface area contributed by atoms with Crippen molar-refractivity contribution in [3.05, 3.63) is 0 Å². The smallest absolute Gasteiger partial charge is 0.243 e. The Morgan fingerprint density at radius 3 is 2.20 bits per heavy atom. The van der Waals surface area contributed by atoms with E-state index in [2.05, 4.69) is 5.32 Å². The molecule has 0 bridgehead atoms. The minimum atomic E-state index is 0.0602. The van der Waals surface area contributed by atoms with E-state index in [0.717, 1.165) is 6.54 Å². The molecule has 0 unspecified atom stereocenters. The highest BCUT2D eigenvalue weighted by Gasteiger charge is 2.10. The second-order valence-electron chi connectivity index (χ2n) is 1.03. The molecule has 1 aliphatic rings. The van der Waals surface area contributed by atoms with Crippen LogP contribution in [0.5, 0.6) is 0 Å². The SMILES string of the molecule is O=C1CC[N]1. The standard InChI is InChI=1S/C3H4NO/c5-3-1-2-4-3/h1-2H2. The maximum absolute atomic E-state index is 9.73. The molecule has 5 heavy (non-hydrogen) atoms. The van der Waals surface area contributed by atoms with E-state index in [9.17, 15) is 4.79 Å². The van der Waals surface area contributed by atoms with Gasteiger partial charge in [0.05, 0.1) is 6.54 Å². The van der Waals surface area contributed by atoms with Gasteiger partial charge in [-0.2, -0.15) is 0 Å². The van der Waals surface area contributed by atoms with Crippen molar-refractivity contribution in [3.63, 3.8) is 0 Å². The van der Waals surface area contributed by atoms with E-state index in [-0.39, 0.29) is 5.91 Å². The van der Waals surface area contributed by atoms with Crippen LogP contribution in [0.1, 0.15) is 6.42 Å². The van der Waals surface area contributed by atoms with Gasteiger partial charge in [0.25, 0.3) is 0 Å². The Labute approximate surface area is 30.2 Å². The Morgan fingerprint density at radius 1 is 1.80 bits per heavy atom. The summed E-state index contributed by atoms with van der Waals surface area (Å²) in [6.07, 6.45) is 0.681. The maximum Gasteiger partial charge on any atom is 0.243 e.